The summed E-state index contributed by atoms with van der Waals surface area (Å²) in [6.45, 7) is 2.14. The quantitative estimate of drug-likeness (QED) is 0.617. The molecule has 1 atom stereocenters. The number of rotatable bonds is 6. The van der Waals surface area contributed by atoms with Gasteiger partial charge in [-0.1, -0.05) is 48.2 Å². The number of carbonyl (C=O) groups is 2. The van der Waals surface area contributed by atoms with Crippen LogP contribution in [0.25, 0.3) is 5.69 Å². The average molecular weight is 400 g/mol. The number of hydrogen-bond donors (Lipinski definition) is 2. The zero-order valence-electron chi connectivity index (χ0n) is 14.9. The molecule has 0 saturated heterocycles. The van der Waals surface area contributed by atoms with Crippen molar-refractivity contribution in [3.05, 3.63) is 66.0 Å². The first kappa shape index (κ1) is 19.5. The smallest absolute Gasteiger partial charge is 0.321 e. The van der Waals surface area contributed by atoms with Gasteiger partial charge in [0.25, 0.3) is 0 Å². The third-order valence-corrected chi connectivity index (χ3v) is 4.82. The van der Waals surface area contributed by atoms with Crippen molar-refractivity contribution in [3.63, 3.8) is 0 Å². The van der Waals surface area contributed by atoms with Gasteiger partial charge >= 0.3 is 6.03 Å². The largest absolute Gasteiger partial charge is 0.338 e. The molecule has 3 aromatic rings. The third kappa shape index (κ3) is 4.71. The van der Waals surface area contributed by atoms with Crippen molar-refractivity contribution >= 4 is 23.7 Å². The minimum atomic E-state index is -0.790. The molecule has 0 saturated carbocycles. The van der Waals surface area contributed by atoms with Gasteiger partial charge in [-0.05, 0) is 41.1 Å². The van der Waals surface area contributed by atoms with Gasteiger partial charge in [0.2, 0.25) is 11.1 Å². The first-order valence-corrected chi connectivity index (χ1v) is 9.31. The Bertz CT molecular complexity index is 965. The number of nitrogens with one attached hydrogen (secondary N) is 2. The normalized spacial score (nSPS) is 11.6. The van der Waals surface area contributed by atoms with Gasteiger partial charge in [0.1, 0.15) is 11.1 Å². The van der Waals surface area contributed by atoms with Gasteiger partial charge < -0.3 is 5.32 Å². The molecule has 0 unspecified atom stereocenters. The van der Waals surface area contributed by atoms with E-state index in [2.05, 4.69) is 26.2 Å². The molecule has 3 amide bonds. The zero-order valence-corrected chi connectivity index (χ0v) is 15.7. The molecular weight excluding hydrogens is 383 g/mol. The second kappa shape index (κ2) is 9.09. The highest BCUT2D eigenvalue weighted by Gasteiger charge is 2.26. The fourth-order valence-electron chi connectivity index (χ4n) is 2.41. The van der Waals surface area contributed by atoms with Crippen LogP contribution in [0.5, 0.6) is 0 Å². The van der Waals surface area contributed by atoms with Crippen LogP contribution < -0.4 is 10.6 Å². The Labute approximate surface area is 164 Å². The van der Waals surface area contributed by atoms with E-state index < -0.39 is 23.0 Å². The first-order chi connectivity index (χ1) is 13.6. The molecule has 1 aromatic heterocycles. The van der Waals surface area contributed by atoms with Crippen molar-refractivity contribution in [2.24, 2.45) is 0 Å². The van der Waals surface area contributed by atoms with Crippen LogP contribution in [0.15, 0.2) is 59.8 Å². The SMILES string of the molecule is CCNC(=O)NC(=O)[C@@H](Sc1nnnn1-c1cccc(F)c1)c1ccccc1. The van der Waals surface area contributed by atoms with E-state index in [0.29, 0.717) is 17.8 Å². The van der Waals surface area contributed by atoms with Gasteiger partial charge in [0.15, 0.2) is 0 Å². The Balaban J connectivity index is 1.90. The van der Waals surface area contributed by atoms with Gasteiger partial charge in [0.05, 0.1) is 5.69 Å². The lowest BCUT2D eigenvalue weighted by Crippen LogP contribution is -2.41. The summed E-state index contributed by atoms with van der Waals surface area (Å²) in [6, 6.07) is 14.1. The Kier molecular flexibility index (Phi) is 6.33. The average Bonchev–Trinajstić information content (AvgIpc) is 3.15. The topological polar surface area (TPSA) is 102 Å². The van der Waals surface area contributed by atoms with Crippen molar-refractivity contribution < 1.29 is 14.0 Å². The molecule has 1 heterocycles. The molecule has 0 fully saturated rings. The van der Waals surface area contributed by atoms with E-state index in [1.165, 1.54) is 22.9 Å². The summed E-state index contributed by atoms with van der Waals surface area (Å²) in [5.41, 5.74) is 1.09. The van der Waals surface area contributed by atoms with E-state index in [4.69, 9.17) is 0 Å². The number of nitrogens with zero attached hydrogens (tertiary/aromatic N) is 4. The molecule has 2 aromatic carbocycles. The van der Waals surface area contributed by atoms with Crippen molar-refractivity contribution in [2.75, 3.05) is 6.54 Å². The number of imide groups is 1. The molecule has 3 rings (SSSR count). The zero-order chi connectivity index (χ0) is 19.9. The van der Waals surface area contributed by atoms with Crippen LogP contribution in [0, 0.1) is 5.82 Å². The Morgan fingerprint density at radius 3 is 2.68 bits per heavy atom. The van der Waals surface area contributed by atoms with Gasteiger partial charge in [-0.2, -0.15) is 4.68 Å². The number of carbonyl (C=O) groups excluding carboxylic acids is 2. The molecule has 0 aliphatic rings. The summed E-state index contributed by atoms with van der Waals surface area (Å²) in [7, 11) is 0. The number of benzene rings is 2. The van der Waals surface area contributed by atoms with Crippen LogP contribution in [0.2, 0.25) is 0 Å². The molecule has 8 nitrogen and oxygen atoms in total. The number of thioether (sulfide) groups is 1. The maximum Gasteiger partial charge on any atom is 0.321 e. The van der Waals surface area contributed by atoms with E-state index >= 15 is 0 Å². The van der Waals surface area contributed by atoms with Gasteiger partial charge in [-0.15, -0.1) is 5.10 Å². The maximum atomic E-state index is 13.6. The van der Waals surface area contributed by atoms with E-state index in [1.54, 1.807) is 37.3 Å². The van der Waals surface area contributed by atoms with Crippen molar-refractivity contribution in [2.45, 2.75) is 17.3 Å². The molecule has 0 bridgehead atoms. The van der Waals surface area contributed by atoms with E-state index in [9.17, 15) is 14.0 Å². The minimum Gasteiger partial charge on any atom is -0.338 e. The molecule has 0 spiro atoms. The summed E-state index contributed by atoms with van der Waals surface area (Å²) in [5, 5.41) is 15.8. The molecular formula is C18H17FN6O2S. The summed E-state index contributed by atoms with van der Waals surface area (Å²) < 4.78 is 14.9. The Morgan fingerprint density at radius 2 is 1.96 bits per heavy atom. The van der Waals surface area contributed by atoms with Crippen LogP contribution in [-0.4, -0.2) is 38.7 Å². The molecule has 144 valence electrons. The minimum absolute atomic E-state index is 0.283. The predicted molar refractivity (Wildman–Crippen MR) is 101 cm³/mol. The van der Waals surface area contributed by atoms with Gasteiger partial charge in [-0.3, -0.25) is 10.1 Å². The Hall–Kier alpha value is -3.27. The summed E-state index contributed by atoms with van der Waals surface area (Å²) in [4.78, 5) is 24.5. The van der Waals surface area contributed by atoms with Crippen LogP contribution in [0.3, 0.4) is 0 Å². The van der Waals surface area contributed by atoms with Crippen LogP contribution in [-0.2, 0) is 4.79 Å². The number of aromatic nitrogens is 4. The monoisotopic (exact) mass is 400 g/mol. The lowest BCUT2D eigenvalue weighted by Gasteiger charge is -2.16. The second-order valence-corrected chi connectivity index (χ2v) is 6.68. The van der Waals surface area contributed by atoms with Crippen molar-refractivity contribution in [3.8, 4) is 5.69 Å². The molecule has 10 heteroatoms. The highest BCUT2D eigenvalue weighted by molar-refractivity contribution is 8.00. The Morgan fingerprint density at radius 1 is 1.18 bits per heavy atom. The van der Waals surface area contributed by atoms with E-state index in [0.717, 1.165) is 11.8 Å². The fraction of sp³-hybridized carbons (Fsp3) is 0.167. The lowest BCUT2D eigenvalue weighted by molar-refractivity contribution is -0.119. The molecule has 28 heavy (non-hydrogen) atoms. The van der Waals surface area contributed by atoms with E-state index in [-0.39, 0.29) is 5.16 Å². The number of amides is 3. The number of urea groups is 1. The number of tetrazole rings is 1. The standard InChI is InChI=1S/C18H17FN6O2S/c1-2-20-17(27)21-16(26)15(12-7-4-3-5-8-12)28-18-22-23-24-25(18)14-10-6-9-13(19)11-14/h3-11,15H,2H2,1H3,(H2,20,21,26,27)/t15-/m0/s1. The maximum absolute atomic E-state index is 13.6. The fourth-order valence-corrected chi connectivity index (χ4v) is 3.41. The number of hydrogen-bond acceptors (Lipinski definition) is 6. The summed E-state index contributed by atoms with van der Waals surface area (Å²) in [5.74, 6) is -0.950. The highest BCUT2D eigenvalue weighted by atomic mass is 32.2. The molecule has 0 radical (unpaired) electrons. The highest BCUT2D eigenvalue weighted by Crippen LogP contribution is 2.34. The number of halogens is 1. The van der Waals surface area contributed by atoms with Crippen molar-refractivity contribution in [1.29, 1.82) is 0 Å². The van der Waals surface area contributed by atoms with Crippen molar-refractivity contribution in [1.82, 2.24) is 30.8 Å². The summed E-state index contributed by atoms with van der Waals surface area (Å²) >= 11 is 1.06. The second-order valence-electron chi connectivity index (χ2n) is 5.61. The van der Waals surface area contributed by atoms with Crippen LogP contribution >= 0.6 is 11.8 Å². The summed E-state index contributed by atoms with van der Waals surface area (Å²) in [6.07, 6.45) is 0. The lowest BCUT2D eigenvalue weighted by atomic mass is 10.1. The molecule has 0 aliphatic carbocycles. The molecule has 2 N–H and O–H groups in total. The van der Waals surface area contributed by atoms with Gasteiger partial charge in [-0.25, -0.2) is 9.18 Å². The molecule has 0 aliphatic heterocycles. The van der Waals surface area contributed by atoms with Crippen LogP contribution in [0.4, 0.5) is 9.18 Å². The first-order valence-electron chi connectivity index (χ1n) is 8.43. The predicted octanol–water partition coefficient (Wildman–Crippen LogP) is 2.48. The van der Waals surface area contributed by atoms with Crippen LogP contribution in [0.1, 0.15) is 17.7 Å². The third-order valence-electron chi connectivity index (χ3n) is 3.63. The van der Waals surface area contributed by atoms with Gasteiger partial charge in [0, 0.05) is 6.54 Å². The van der Waals surface area contributed by atoms with E-state index in [1.807, 2.05) is 6.07 Å².